The van der Waals surface area contributed by atoms with Crippen LogP contribution in [-0.2, 0) is 10.0 Å². The van der Waals surface area contributed by atoms with Gasteiger partial charge in [-0.25, -0.2) is 13.6 Å². The van der Waals surface area contributed by atoms with Gasteiger partial charge in [0, 0.05) is 0 Å². The van der Waals surface area contributed by atoms with E-state index in [9.17, 15) is 8.42 Å². The summed E-state index contributed by atoms with van der Waals surface area (Å²) in [5, 5.41) is 5.22. The third-order valence-electron chi connectivity index (χ3n) is 1.75. The molecule has 0 amide bonds. The number of ether oxygens (including phenoxy) is 1. The summed E-state index contributed by atoms with van der Waals surface area (Å²) in [6.07, 6.45) is 0.795. The average molecular weight is 284 g/mol. The lowest BCUT2D eigenvalue weighted by atomic mass is 10.3. The van der Waals surface area contributed by atoms with Gasteiger partial charge in [-0.3, -0.25) is 0 Å². The summed E-state index contributed by atoms with van der Waals surface area (Å²) in [5.41, 5.74) is 0. The molecule has 0 saturated heterocycles. The highest BCUT2D eigenvalue weighted by Gasteiger charge is 2.15. The van der Waals surface area contributed by atoms with Gasteiger partial charge in [0.25, 0.3) is 0 Å². The van der Waals surface area contributed by atoms with Crippen molar-refractivity contribution in [2.45, 2.75) is 18.2 Å². The van der Waals surface area contributed by atoms with Crippen molar-refractivity contribution in [2.24, 2.45) is 5.14 Å². The lowest BCUT2D eigenvalue weighted by Gasteiger charge is -2.10. The minimum atomic E-state index is -3.81. The van der Waals surface area contributed by atoms with Crippen molar-refractivity contribution in [2.75, 3.05) is 6.61 Å². The van der Waals surface area contributed by atoms with Crippen molar-refractivity contribution >= 4 is 33.2 Å². The largest absolute Gasteiger partial charge is 0.490 e. The van der Waals surface area contributed by atoms with Crippen LogP contribution >= 0.6 is 23.2 Å². The molecule has 0 spiro atoms. The molecule has 4 nitrogen and oxygen atoms in total. The predicted octanol–water partition coefficient (Wildman–Crippen LogP) is 2.43. The fraction of sp³-hybridized carbons (Fsp3) is 0.333. The van der Waals surface area contributed by atoms with Crippen LogP contribution in [0.4, 0.5) is 0 Å². The molecule has 0 radical (unpaired) electrons. The standard InChI is InChI=1S/C9H11Cl2NO3S/c1-2-3-15-9-7(10)4-6(5-8(9)11)16(12,13)14/h4-5H,2-3H2,1H3,(H2,12,13,14). The first-order chi connectivity index (χ1) is 7.36. The van der Waals surface area contributed by atoms with Crippen molar-refractivity contribution in [1.82, 2.24) is 0 Å². The summed E-state index contributed by atoms with van der Waals surface area (Å²) in [5.74, 6) is 0.276. The van der Waals surface area contributed by atoms with Gasteiger partial charge in [-0.05, 0) is 18.6 Å². The first kappa shape index (κ1) is 13.6. The molecule has 90 valence electrons. The topological polar surface area (TPSA) is 69.4 Å². The maximum atomic E-state index is 11.1. The van der Waals surface area contributed by atoms with Crippen LogP contribution in [0.15, 0.2) is 17.0 Å². The minimum absolute atomic E-state index is 0.130. The molecule has 0 bridgehead atoms. The molecule has 1 aromatic rings. The molecule has 1 aromatic carbocycles. The van der Waals surface area contributed by atoms with Gasteiger partial charge in [-0.15, -0.1) is 0 Å². The maximum Gasteiger partial charge on any atom is 0.238 e. The molecule has 0 aliphatic heterocycles. The molecular weight excluding hydrogens is 273 g/mol. The monoisotopic (exact) mass is 283 g/mol. The van der Waals surface area contributed by atoms with E-state index in [1.165, 1.54) is 12.1 Å². The summed E-state index contributed by atoms with van der Waals surface area (Å²) in [4.78, 5) is -0.133. The average Bonchev–Trinajstić information content (AvgIpc) is 2.15. The first-order valence-electron chi connectivity index (χ1n) is 4.51. The van der Waals surface area contributed by atoms with Crippen LogP contribution in [0.5, 0.6) is 5.75 Å². The van der Waals surface area contributed by atoms with Crippen molar-refractivity contribution in [3.63, 3.8) is 0 Å². The molecular formula is C9H11Cl2NO3S. The Morgan fingerprint density at radius 1 is 1.31 bits per heavy atom. The Morgan fingerprint density at radius 2 is 1.81 bits per heavy atom. The first-order valence-corrected chi connectivity index (χ1v) is 6.81. The number of sulfonamides is 1. The summed E-state index contributed by atoms with van der Waals surface area (Å²) in [6, 6.07) is 2.43. The summed E-state index contributed by atoms with van der Waals surface area (Å²) >= 11 is 11.7. The van der Waals surface area contributed by atoms with Crippen LogP contribution in [0, 0.1) is 0 Å². The Morgan fingerprint density at radius 3 is 2.19 bits per heavy atom. The van der Waals surface area contributed by atoms with E-state index in [1.54, 1.807) is 0 Å². The minimum Gasteiger partial charge on any atom is -0.490 e. The van der Waals surface area contributed by atoms with Gasteiger partial charge in [-0.1, -0.05) is 30.1 Å². The van der Waals surface area contributed by atoms with Gasteiger partial charge in [0.05, 0.1) is 21.5 Å². The number of benzene rings is 1. The van der Waals surface area contributed by atoms with Crippen LogP contribution in [0.25, 0.3) is 0 Å². The number of hydrogen-bond donors (Lipinski definition) is 1. The molecule has 0 aromatic heterocycles. The second-order valence-electron chi connectivity index (χ2n) is 3.11. The Kier molecular flexibility index (Phi) is 4.43. The predicted molar refractivity (Wildman–Crippen MR) is 63.6 cm³/mol. The molecule has 0 saturated carbocycles. The van der Waals surface area contributed by atoms with Crippen LogP contribution in [0.2, 0.25) is 10.0 Å². The van der Waals surface area contributed by atoms with Crippen molar-refractivity contribution in [1.29, 1.82) is 0 Å². The van der Waals surface area contributed by atoms with Crippen molar-refractivity contribution < 1.29 is 13.2 Å². The second-order valence-corrected chi connectivity index (χ2v) is 5.49. The molecule has 0 atom stereocenters. The Labute approximate surface area is 104 Å². The number of halogens is 2. The lowest BCUT2D eigenvalue weighted by molar-refractivity contribution is 0.317. The molecule has 0 aliphatic rings. The van der Waals surface area contributed by atoms with Crippen LogP contribution in [0.1, 0.15) is 13.3 Å². The highest BCUT2D eigenvalue weighted by Crippen LogP contribution is 2.35. The lowest BCUT2D eigenvalue weighted by Crippen LogP contribution is -2.12. The Bertz CT molecular complexity index is 465. The molecule has 0 aliphatic carbocycles. The zero-order valence-electron chi connectivity index (χ0n) is 8.54. The number of rotatable bonds is 4. The van der Waals surface area contributed by atoms with Crippen LogP contribution in [0.3, 0.4) is 0 Å². The fourth-order valence-corrected chi connectivity index (χ4v) is 2.33. The second kappa shape index (κ2) is 5.23. The van der Waals surface area contributed by atoms with E-state index in [0.29, 0.717) is 6.61 Å². The van der Waals surface area contributed by atoms with E-state index in [0.717, 1.165) is 6.42 Å². The molecule has 16 heavy (non-hydrogen) atoms. The third-order valence-corrected chi connectivity index (χ3v) is 3.21. The molecule has 1 rings (SSSR count). The number of primary sulfonamides is 1. The van der Waals surface area contributed by atoms with Crippen LogP contribution < -0.4 is 9.88 Å². The zero-order valence-corrected chi connectivity index (χ0v) is 10.9. The van der Waals surface area contributed by atoms with Gasteiger partial charge < -0.3 is 4.74 Å². The summed E-state index contributed by atoms with van der Waals surface area (Å²) in [7, 11) is -3.81. The maximum absolute atomic E-state index is 11.1. The van der Waals surface area contributed by atoms with Gasteiger partial charge in [0.2, 0.25) is 10.0 Å². The Hall–Kier alpha value is -0.490. The number of hydrogen-bond acceptors (Lipinski definition) is 3. The molecule has 0 fully saturated rings. The van der Waals surface area contributed by atoms with Gasteiger partial charge in [0.1, 0.15) is 0 Å². The Balaban J connectivity index is 3.18. The van der Waals surface area contributed by atoms with E-state index in [1.807, 2.05) is 6.92 Å². The van der Waals surface area contributed by atoms with E-state index in [-0.39, 0.29) is 20.7 Å². The van der Waals surface area contributed by atoms with Crippen molar-refractivity contribution in [3.05, 3.63) is 22.2 Å². The van der Waals surface area contributed by atoms with E-state index < -0.39 is 10.0 Å². The zero-order chi connectivity index (χ0) is 12.3. The molecule has 7 heteroatoms. The number of nitrogens with two attached hydrogens (primary N) is 1. The normalized spacial score (nSPS) is 11.5. The third kappa shape index (κ3) is 3.25. The van der Waals surface area contributed by atoms with E-state index in [4.69, 9.17) is 33.1 Å². The molecule has 2 N–H and O–H groups in total. The molecule has 0 heterocycles. The summed E-state index contributed by atoms with van der Waals surface area (Å²) < 4.78 is 27.4. The molecule has 0 unspecified atom stereocenters. The fourth-order valence-electron chi connectivity index (χ4n) is 1.04. The van der Waals surface area contributed by atoms with Crippen molar-refractivity contribution in [3.8, 4) is 5.75 Å². The van der Waals surface area contributed by atoms with Gasteiger partial charge in [0.15, 0.2) is 5.75 Å². The van der Waals surface area contributed by atoms with E-state index in [2.05, 4.69) is 0 Å². The van der Waals surface area contributed by atoms with Gasteiger partial charge >= 0.3 is 0 Å². The highest BCUT2D eigenvalue weighted by molar-refractivity contribution is 7.89. The van der Waals surface area contributed by atoms with Gasteiger partial charge in [-0.2, -0.15) is 0 Å². The van der Waals surface area contributed by atoms with Crippen LogP contribution in [-0.4, -0.2) is 15.0 Å². The smallest absolute Gasteiger partial charge is 0.238 e. The highest BCUT2D eigenvalue weighted by atomic mass is 35.5. The quantitative estimate of drug-likeness (QED) is 0.923. The SMILES string of the molecule is CCCOc1c(Cl)cc(S(N)(=O)=O)cc1Cl. The van der Waals surface area contributed by atoms with E-state index >= 15 is 0 Å². The summed E-state index contributed by atoms with van der Waals surface area (Å²) in [6.45, 7) is 2.38.